The Hall–Kier alpha value is -1.76. The van der Waals surface area contributed by atoms with Crippen molar-refractivity contribution in [2.75, 3.05) is 40.0 Å². The molecule has 6 nitrogen and oxygen atoms in total. The number of carbonyl (C=O) groups is 2. The summed E-state index contributed by atoms with van der Waals surface area (Å²) in [5.74, 6) is -0.824. The molecule has 0 radical (unpaired) electrons. The molecule has 0 aromatic heterocycles. The largest absolute Gasteiger partial charge is 0.395 e. The Morgan fingerprint density at radius 2 is 1.95 bits per heavy atom. The van der Waals surface area contributed by atoms with E-state index in [0.717, 1.165) is 0 Å². The number of nitrogens with zero attached hydrogens (tertiary/aromatic N) is 1. The number of carbonyl (C=O) groups excluding carboxylic acids is 2. The van der Waals surface area contributed by atoms with Crippen LogP contribution < -0.4 is 5.32 Å². The summed E-state index contributed by atoms with van der Waals surface area (Å²) in [5, 5.41) is 11.2. The van der Waals surface area contributed by atoms with Gasteiger partial charge in [-0.25, -0.2) is 0 Å². The summed E-state index contributed by atoms with van der Waals surface area (Å²) in [6.07, 6.45) is 0. The van der Waals surface area contributed by atoms with Gasteiger partial charge in [0.2, 0.25) is 5.91 Å². The number of aliphatic hydroxyl groups excluding tert-OH is 1. The van der Waals surface area contributed by atoms with Crippen molar-refractivity contribution in [1.82, 2.24) is 10.2 Å². The van der Waals surface area contributed by atoms with E-state index in [2.05, 4.69) is 5.32 Å². The molecule has 2 N–H and O–H groups in total. The molecule has 0 aliphatic rings. The Kier molecular flexibility index (Phi) is 7.49. The van der Waals surface area contributed by atoms with Gasteiger partial charge in [0.05, 0.1) is 19.8 Å². The number of benzene rings is 1. The monoisotopic (exact) mass is 280 g/mol. The van der Waals surface area contributed by atoms with Gasteiger partial charge in [0.15, 0.2) is 0 Å². The Labute approximate surface area is 118 Å². The second-order valence-electron chi connectivity index (χ2n) is 4.24. The van der Waals surface area contributed by atoms with E-state index in [4.69, 9.17) is 9.84 Å². The van der Waals surface area contributed by atoms with E-state index in [1.807, 2.05) is 0 Å². The maximum absolute atomic E-state index is 11.8. The van der Waals surface area contributed by atoms with Gasteiger partial charge in [-0.2, -0.15) is 0 Å². The fourth-order valence-electron chi connectivity index (χ4n) is 1.66. The summed E-state index contributed by atoms with van der Waals surface area (Å²) in [4.78, 5) is 25.3. The lowest BCUT2D eigenvalue weighted by Crippen LogP contribution is -2.42. The molecule has 0 saturated carbocycles. The van der Waals surface area contributed by atoms with Crippen molar-refractivity contribution in [3.8, 4) is 0 Å². The zero-order valence-corrected chi connectivity index (χ0v) is 11.5. The van der Waals surface area contributed by atoms with Crippen molar-refractivity contribution < 1.29 is 19.4 Å². The molecule has 0 unspecified atom stereocenters. The quantitative estimate of drug-likeness (QED) is 0.694. The molecule has 1 rings (SSSR count). The van der Waals surface area contributed by atoms with Gasteiger partial charge in [0, 0.05) is 25.8 Å². The highest BCUT2D eigenvalue weighted by molar-refractivity contribution is 6.05. The van der Waals surface area contributed by atoms with E-state index >= 15 is 0 Å². The van der Waals surface area contributed by atoms with E-state index in [0.29, 0.717) is 25.3 Å². The molecule has 0 atom stereocenters. The first-order valence-corrected chi connectivity index (χ1v) is 6.38. The zero-order valence-electron chi connectivity index (χ0n) is 11.5. The first-order valence-electron chi connectivity index (χ1n) is 6.38. The Morgan fingerprint density at radius 1 is 1.25 bits per heavy atom. The van der Waals surface area contributed by atoms with Gasteiger partial charge in [-0.15, -0.1) is 0 Å². The summed E-state index contributed by atoms with van der Waals surface area (Å²) in [6, 6.07) is 8.54. The lowest BCUT2D eigenvalue weighted by atomic mass is 10.2. The van der Waals surface area contributed by atoms with E-state index in [1.54, 1.807) is 42.3 Å². The van der Waals surface area contributed by atoms with E-state index < -0.39 is 11.8 Å². The van der Waals surface area contributed by atoms with Crippen molar-refractivity contribution in [2.24, 2.45) is 0 Å². The normalized spacial score (nSPS) is 10.6. The molecule has 0 saturated heterocycles. The number of methoxy groups -OCH3 is 1. The highest BCUT2D eigenvalue weighted by Gasteiger charge is 2.13. The molecule has 20 heavy (non-hydrogen) atoms. The Balaban J connectivity index is 2.46. The first kappa shape index (κ1) is 16.3. The molecular formula is C14H20N2O4. The van der Waals surface area contributed by atoms with Crippen LogP contribution in [0.3, 0.4) is 0 Å². The minimum atomic E-state index is -0.425. The van der Waals surface area contributed by atoms with Crippen LogP contribution in [0.4, 0.5) is 0 Å². The number of nitrogens with one attached hydrogen (secondary N) is 1. The van der Waals surface area contributed by atoms with Crippen LogP contribution in [0.5, 0.6) is 0 Å². The fourth-order valence-corrected chi connectivity index (χ4v) is 1.66. The van der Waals surface area contributed by atoms with Gasteiger partial charge in [0.25, 0.3) is 5.91 Å². The summed E-state index contributed by atoms with van der Waals surface area (Å²) in [6.45, 7) is 1.33. The number of imide groups is 1. The standard InChI is InChI=1S/C14H20N2O4/c1-20-10-8-16(7-9-17)11-13(18)15-14(19)12-5-3-2-4-6-12/h2-6,17H,7-11H2,1H3,(H,15,18,19). The number of ether oxygens (including phenoxy) is 1. The molecule has 2 amide bonds. The molecule has 1 aromatic carbocycles. The van der Waals surface area contributed by atoms with Crippen LogP contribution in [0, 0.1) is 0 Å². The number of amides is 2. The smallest absolute Gasteiger partial charge is 0.257 e. The lowest BCUT2D eigenvalue weighted by molar-refractivity contribution is -0.121. The fraction of sp³-hybridized carbons (Fsp3) is 0.429. The molecule has 6 heteroatoms. The van der Waals surface area contributed by atoms with Crippen molar-refractivity contribution in [2.45, 2.75) is 0 Å². The zero-order chi connectivity index (χ0) is 14.8. The number of rotatable bonds is 8. The summed E-state index contributed by atoms with van der Waals surface area (Å²) < 4.78 is 4.93. The maximum Gasteiger partial charge on any atom is 0.257 e. The molecule has 0 aliphatic carbocycles. The second kappa shape index (κ2) is 9.19. The highest BCUT2D eigenvalue weighted by Crippen LogP contribution is 1.98. The van der Waals surface area contributed by atoms with Crippen LogP contribution in [0.2, 0.25) is 0 Å². The maximum atomic E-state index is 11.8. The third kappa shape index (κ3) is 5.92. The minimum Gasteiger partial charge on any atom is -0.395 e. The van der Waals surface area contributed by atoms with Crippen LogP contribution in [0.15, 0.2) is 30.3 Å². The highest BCUT2D eigenvalue weighted by atomic mass is 16.5. The van der Waals surface area contributed by atoms with Crippen LogP contribution in [0.1, 0.15) is 10.4 Å². The molecule has 0 bridgehead atoms. The summed E-state index contributed by atoms with van der Waals surface area (Å²) >= 11 is 0. The SMILES string of the molecule is COCCN(CCO)CC(=O)NC(=O)c1ccccc1. The summed E-state index contributed by atoms with van der Waals surface area (Å²) in [5.41, 5.74) is 0.437. The number of hydrogen-bond acceptors (Lipinski definition) is 5. The first-order chi connectivity index (χ1) is 9.67. The molecule has 0 spiro atoms. The van der Waals surface area contributed by atoms with Gasteiger partial charge >= 0.3 is 0 Å². The van der Waals surface area contributed by atoms with Crippen LogP contribution in [0.25, 0.3) is 0 Å². The minimum absolute atomic E-state index is 0.0441. The predicted octanol–water partition coefficient (Wildman–Crippen LogP) is -0.116. The van der Waals surface area contributed by atoms with Crippen molar-refractivity contribution in [3.05, 3.63) is 35.9 Å². The van der Waals surface area contributed by atoms with Crippen LogP contribution >= 0.6 is 0 Å². The van der Waals surface area contributed by atoms with Gasteiger partial charge in [-0.05, 0) is 12.1 Å². The third-order valence-electron chi connectivity index (χ3n) is 2.68. The van der Waals surface area contributed by atoms with E-state index in [9.17, 15) is 9.59 Å². The predicted molar refractivity (Wildman–Crippen MR) is 74.3 cm³/mol. The number of aliphatic hydroxyl groups is 1. The second-order valence-corrected chi connectivity index (χ2v) is 4.24. The Morgan fingerprint density at radius 3 is 2.55 bits per heavy atom. The topological polar surface area (TPSA) is 78.9 Å². The van der Waals surface area contributed by atoms with Gasteiger partial charge in [-0.1, -0.05) is 18.2 Å². The van der Waals surface area contributed by atoms with Crippen molar-refractivity contribution in [1.29, 1.82) is 0 Å². The van der Waals surface area contributed by atoms with E-state index in [1.165, 1.54) is 0 Å². The number of hydrogen-bond donors (Lipinski definition) is 2. The van der Waals surface area contributed by atoms with Crippen LogP contribution in [-0.2, 0) is 9.53 Å². The summed E-state index contributed by atoms with van der Waals surface area (Å²) in [7, 11) is 1.57. The third-order valence-corrected chi connectivity index (χ3v) is 2.68. The van der Waals surface area contributed by atoms with Gasteiger partial charge in [0.1, 0.15) is 0 Å². The average molecular weight is 280 g/mol. The van der Waals surface area contributed by atoms with Crippen molar-refractivity contribution in [3.63, 3.8) is 0 Å². The van der Waals surface area contributed by atoms with E-state index in [-0.39, 0.29) is 13.2 Å². The van der Waals surface area contributed by atoms with Gasteiger partial charge in [-0.3, -0.25) is 19.8 Å². The van der Waals surface area contributed by atoms with Crippen molar-refractivity contribution >= 4 is 11.8 Å². The van der Waals surface area contributed by atoms with Gasteiger partial charge < -0.3 is 9.84 Å². The molecule has 110 valence electrons. The molecule has 0 fully saturated rings. The Bertz CT molecular complexity index is 422. The molecular weight excluding hydrogens is 260 g/mol. The molecule has 0 aliphatic heterocycles. The molecule has 1 aromatic rings. The van der Waals surface area contributed by atoms with Crippen LogP contribution in [-0.4, -0.2) is 61.8 Å². The lowest BCUT2D eigenvalue weighted by Gasteiger charge is -2.19. The average Bonchev–Trinajstić information content (AvgIpc) is 2.45. The molecule has 0 heterocycles.